The summed E-state index contributed by atoms with van der Waals surface area (Å²) in [5, 5.41) is 0. The van der Waals surface area contributed by atoms with Gasteiger partial charge in [0.25, 0.3) is 0 Å². The highest BCUT2D eigenvalue weighted by Crippen LogP contribution is 2.26. The van der Waals surface area contributed by atoms with E-state index in [1.54, 1.807) is 0 Å². The van der Waals surface area contributed by atoms with Gasteiger partial charge in [-0.15, -0.1) is 0 Å². The predicted molar refractivity (Wildman–Crippen MR) is 109 cm³/mol. The average molecular weight is 424 g/mol. The Morgan fingerprint density at radius 2 is 1.83 bits per heavy atom. The van der Waals surface area contributed by atoms with E-state index in [2.05, 4.69) is 0 Å². The molecule has 30 heavy (non-hydrogen) atoms. The molecule has 0 bridgehead atoms. The lowest BCUT2D eigenvalue weighted by Gasteiger charge is -2.32. The largest absolute Gasteiger partial charge is 0.490 e. The normalized spacial score (nSPS) is 18.5. The molecule has 1 saturated heterocycles. The van der Waals surface area contributed by atoms with E-state index in [-0.39, 0.29) is 18.6 Å². The monoisotopic (exact) mass is 424 g/mol. The van der Waals surface area contributed by atoms with E-state index >= 15 is 0 Å². The van der Waals surface area contributed by atoms with Crippen molar-refractivity contribution in [3.8, 4) is 11.5 Å². The topological polar surface area (TPSA) is 110 Å². The highest BCUT2D eigenvalue weighted by molar-refractivity contribution is 5.76. The summed E-state index contributed by atoms with van der Waals surface area (Å²) in [5.41, 5.74) is 5.75. The van der Waals surface area contributed by atoms with Crippen molar-refractivity contribution in [3.05, 3.63) is 24.3 Å². The molecule has 2 N–H and O–H groups in total. The van der Waals surface area contributed by atoms with Crippen molar-refractivity contribution in [3.63, 3.8) is 0 Å². The van der Waals surface area contributed by atoms with Gasteiger partial charge < -0.3 is 34.3 Å². The lowest BCUT2D eigenvalue weighted by atomic mass is 10.1. The molecule has 1 heterocycles. The smallest absolute Gasteiger partial charge is 0.413 e. The lowest BCUT2D eigenvalue weighted by molar-refractivity contribution is -0.169. The zero-order chi connectivity index (χ0) is 22.1. The van der Waals surface area contributed by atoms with Crippen LogP contribution in [-0.2, 0) is 19.0 Å². The van der Waals surface area contributed by atoms with E-state index in [1.165, 1.54) is 11.8 Å². The predicted octanol–water partition coefficient (Wildman–Crippen LogP) is 2.17. The fourth-order valence-electron chi connectivity index (χ4n) is 2.77. The first-order chi connectivity index (χ1) is 14.3. The number of rotatable bonds is 9. The molecule has 9 nitrogen and oxygen atoms in total. The fraction of sp³-hybridized carbons (Fsp3) is 0.619. The van der Waals surface area contributed by atoms with Crippen LogP contribution in [0.5, 0.6) is 11.5 Å². The second-order valence-corrected chi connectivity index (χ2v) is 7.29. The van der Waals surface area contributed by atoms with E-state index in [0.29, 0.717) is 37.8 Å². The van der Waals surface area contributed by atoms with Gasteiger partial charge in [0.2, 0.25) is 6.29 Å². The van der Waals surface area contributed by atoms with E-state index in [4.69, 9.17) is 29.4 Å². The summed E-state index contributed by atoms with van der Waals surface area (Å²) in [6, 6.07) is 6.61. The quantitative estimate of drug-likeness (QED) is 0.474. The third-order valence-corrected chi connectivity index (χ3v) is 4.51. The van der Waals surface area contributed by atoms with Crippen LogP contribution in [0.3, 0.4) is 0 Å². The minimum atomic E-state index is -1.04. The van der Waals surface area contributed by atoms with Gasteiger partial charge >= 0.3 is 12.1 Å². The van der Waals surface area contributed by atoms with Crippen molar-refractivity contribution < 1.29 is 33.3 Å². The van der Waals surface area contributed by atoms with E-state index in [9.17, 15) is 9.59 Å². The van der Waals surface area contributed by atoms with E-state index < -0.39 is 24.4 Å². The molecule has 1 fully saturated rings. The summed E-state index contributed by atoms with van der Waals surface area (Å²) in [4.78, 5) is 25.8. The molecule has 0 unspecified atom stereocenters. The molecule has 9 heteroatoms. The Morgan fingerprint density at radius 1 is 1.17 bits per heavy atom. The van der Waals surface area contributed by atoms with Crippen LogP contribution in [0.2, 0.25) is 0 Å². The Hall–Kier alpha value is -2.52. The molecule has 168 valence electrons. The molecular weight excluding hydrogens is 392 g/mol. The van der Waals surface area contributed by atoms with Crippen molar-refractivity contribution >= 4 is 12.1 Å². The molecule has 1 aromatic rings. The minimum absolute atomic E-state index is 0.0757. The molecule has 1 amide bonds. The van der Waals surface area contributed by atoms with Crippen molar-refractivity contribution in [2.24, 2.45) is 11.7 Å². The zero-order valence-electron chi connectivity index (χ0n) is 18.0. The molecule has 0 aromatic heterocycles. The third-order valence-electron chi connectivity index (χ3n) is 4.51. The molecule has 1 aliphatic heterocycles. The SMILES string of the molecule is CCOc1ccccc1OC[C@@H]1CN(C(=O)O[C@H](C)OC(=O)[C@@H](N)C(C)C)CCO1. The molecule has 0 radical (unpaired) electrons. The summed E-state index contributed by atoms with van der Waals surface area (Å²) in [6.07, 6.45) is -1.95. The van der Waals surface area contributed by atoms with Gasteiger partial charge in [-0.25, -0.2) is 4.79 Å². The Kier molecular flexibility index (Phi) is 9.19. The first-order valence-electron chi connectivity index (χ1n) is 10.2. The van der Waals surface area contributed by atoms with Gasteiger partial charge in [0.15, 0.2) is 11.5 Å². The summed E-state index contributed by atoms with van der Waals surface area (Å²) in [6.45, 7) is 8.80. The first-order valence-corrected chi connectivity index (χ1v) is 10.2. The second-order valence-electron chi connectivity index (χ2n) is 7.29. The highest BCUT2D eigenvalue weighted by Gasteiger charge is 2.28. The number of ether oxygens (including phenoxy) is 5. The van der Waals surface area contributed by atoms with Gasteiger partial charge in [-0.1, -0.05) is 26.0 Å². The Balaban J connectivity index is 1.82. The third kappa shape index (κ3) is 7.07. The number of esters is 1. The van der Waals surface area contributed by atoms with Crippen molar-refractivity contribution in [2.75, 3.05) is 32.9 Å². The summed E-state index contributed by atoms with van der Waals surface area (Å²) in [7, 11) is 0. The van der Waals surface area contributed by atoms with Gasteiger partial charge in [0.1, 0.15) is 18.8 Å². The van der Waals surface area contributed by atoms with Crippen LogP contribution in [-0.4, -0.2) is 68.3 Å². The molecular formula is C21H32N2O7. The molecule has 0 saturated carbocycles. The van der Waals surface area contributed by atoms with Crippen molar-refractivity contribution in [2.45, 2.75) is 46.1 Å². The first kappa shape index (κ1) is 23.8. The molecule has 0 spiro atoms. The van der Waals surface area contributed by atoms with E-state index in [1.807, 2.05) is 45.0 Å². The number of nitrogens with zero attached hydrogens (tertiary/aromatic N) is 1. The number of morpholine rings is 1. The molecule has 1 aromatic carbocycles. The van der Waals surface area contributed by atoms with Crippen LogP contribution < -0.4 is 15.2 Å². The number of amides is 1. The minimum Gasteiger partial charge on any atom is -0.490 e. The maximum absolute atomic E-state index is 12.4. The van der Waals surface area contributed by atoms with Crippen LogP contribution in [0.15, 0.2) is 24.3 Å². The van der Waals surface area contributed by atoms with Crippen molar-refractivity contribution in [1.29, 1.82) is 0 Å². The van der Waals surface area contributed by atoms with Gasteiger partial charge in [-0.3, -0.25) is 4.79 Å². The van der Waals surface area contributed by atoms with Gasteiger partial charge in [-0.2, -0.15) is 0 Å². The molecule has 3 atom stereocenters. The van der Waals surface area contributed by atoms with E-state index in [0.717, 1.165) is 0 Å². The molecule has 2 rings (SSSR count). The fourth-order valence-corrected chi connectivity index (χ4v) is 2.77. The second kappa shape index (κ2) is 11.6. The number of carbonyl (C=O) groups excluding carboxylic acids is 2. The van der Waals surface area contributed by atoms with Crippen molar-refractivity contribution in [1.82, 2.24) is 4.90 Å². The number of para-hydroxylation sites is 2. The van der Waals surface area contributed by atoms with Crippen LogP contribution in [0.25, 0.3) is 0 Å². The Morgan fingerprint density at radius 3 is 2.47 bits per heavy atom. The zero-order valence-corrected chi connectivity index (χ0v) is 18.0. The van der Waals surface area contributed by atoms with Crippen LogP contribution in [0.1, 0.15) is 27.7 Å². The number of benzene rings is 1. The lowest BCUT2D eigenvalue weighted by Crippen LogP contribution is -2.48. The molecule has 0 aliphatic carbocycles. The summed E-state index contributed by atoms with van der Waals surface area (Å²) < 4.78 is 27.4. The molecule has 1 aliphatic rings. The highest BCUT2D eigenvalue weighted by atomic mass is 16.7. The van der Waals surface area contributed by atoms with Gasteiger partial charge in [0, 0.05) is 13.5 Å². The summed E-state index contributed by atoms with van der Waals surface area (Å²) >= 11 is 0. The number of carbonyl (C=O) groups is 2. The van der Waals surface area contributed by atoms with Gasteiger partial charge in [-0.05, 0) is 25.0 Å². The Bertz CT molecular complexity index is 698. The van der Waals surface area contributed by atoms with Crippen LogP contribution >= 0.6 is 0 Å². The Labute approximate surface area is 177 Å². The summed E-state index contributed by atoms with van der Waals surface area (Å²) in [5.74, 6) is 0.590. The van der Waals surface area contributed by atoms with Crippen LogP contribution in [0, 0.1) is 5.92 Å². The van der Waals surface area contributed by atoms with Crippen LogP contribution in [0.4, 0.5) is 4.79 Å². The number of hydrogen-bond donors (Lipinski definition) is 1. The maximum Gasteiger partial charge on any atom is 0.413 e. The number of hydrogen-bond acceptors (Lipinski definition) is 8. The standard InChI is InChI=1S/C21H32N2O7/c1-5-26-17-8-6-7-9-18(17)28-13-16-12-23(10-11-27-16)21(25)30-15(4)29-20(24)19(22)14(2)3/h6-9,14-16,19H,5,10-13,22H2,1-4H3/t15-,16+,19+/m1/s1. The number of nitrogens with two attached hydrogens (primary N) is 1. The maximum atomic E-state index is 12.4. The van der Waals surface area contributed by atoms with Gasteiger partial charge in [0.05, 0.1) is 19.8 Å². The average Bonchev–Trinajstić information content (AvgIpc) is 2.72.